The number of rotatable bonds is 6. The molecule has 5 nitrogen and oxygen atoms in total. The molecule has 0 radical (unpaired) electrons. The minimum Gasteiger partial charge on any atom is -0.478 e. The maximum absolute atomic E-state index is 11.4. The van der Waals surface area contributed by atoms with Crippen LogP contribution in [0.2, 0.25) is 0 Å². The van der Waals surface area contributed by atoms with Crippen molar-refractivity contribution >= 4 is 9.84 Å². The Morgan fingerprint density at radius 2 is 2.09 bits per heavy atom. The first-order chi connectivity index (χ1) is 10.5. The van der Waals surface area contributed by atoms with Gasteiger partial charge in [0.05, 0.1) is 11.5 Å². The van der Waals surface area contributed by atoms with Crippen molar-refractivity contribution in [2.24, 2.45) is 17.8 Å². The van der Waals surface area contributed by atoms with Crippen LogP contribution in [0, 0.1) is 17.8 Å². The molecule has 1 aromatic heterocycles. The van der Waals surface area contributed by atoms with Crippen LogP contribution in [0.1, 0.15) is 25.7 Å². The molecule has 1 aromatic rings. The van der Waals surface area contributed by atoms with E-state index in [1.807, 2.05) is 0 Å². The highest BCUT2D eigenvalue weighted by Crippen LogP contribution is 2.49. The maximum atomic E-state index is 11.4. The molecule has 0 aromatic carbocycles. The quantitative estimate of drug-likeness (QED) is 0.865. The van der Waals surface area contributed by atoms with Gasteiger partial charge in [-0.2, -0.15) is 0 Å². The van der Waals surface area contributed by atoms with Gasteiger partial charge in [0, 0.05) is 18.5 Å². The number of sulfone groups is 1. The molecule has 2 atom stereocenters. The third-order valence-electron chi connectivity index (χ3n) is 4.84. The van der Waals surface area contributed by atoms with Crippen molar-refractivity contribution in [3.05, 3.63) is 18.3 Å². The molecule has 6 heteroatoms. The molecule has 0 bridgehead atoms. The zero-order valence-corrected chi connectivity index (χ0v) is 13.8. The molecule has 3 rings (SSSR count). The Bertz CT molecular complexity index is 594. The summed E-state index contributed by atoms with van der Waals surface area (Å²) in [6.07, 6.45) is 7.59. The van der Waals surface area contributed by atoms with Gasteiger partial charge >= 0.3 is 0 Å². The monoisotopic (exact) mass is 324 g/mol. The van der Waals surface area contributed by atoms with Gasteiger partial charge in [0.25, 0.3) is 0 Å². The highest BCUT2D eigenvalue weighted by Gasteiger charge is 2.42. The van der Waals surface area contributed by atoms with Crippen LogP contribution >= 0.6 is 0 Å². The Balaban J connectivity index is 1.40. The van der Waals surface area contributed by atoms with E-state index >= 15 is 0 Å². The van der Waals surface area contributed by atoms with E-state index in [1.54, 1.807) is 12.1 Å². The first-order valence-electron chi connectivity index (χ1n) is 8.03. The van der Waals surface area contributed by atoms with Gasteiger partial charge in [-0.15, -0.1) is 0 Å². The standard InChI is InChI=1S/C16H24N2O3S/c1-22(19,20)14-2-3-16(18-11-14)21-9-6-13-10-15(13)12-4-7-17-8-5-12/h2-3,11-13,15,17H,4-10H2,1H3/t13-,15?/m1/s1. The fourth-order valence-corrected chi connectivity index (χ4v) is 4.00. The number of nitrogens with zero attached hydrogens (tertiary/aromatic N) is 1. The van der Waals surface area contributed by atoms with Gasteiger partial charge in [0.1, 0.15) is 0 Å². The Morgan fingerprint density at radius 3 is 2.73 bits per heavy atom. The molecule has 0 amide bonds. The Morgan fingerprint density at radius 1 is 1.32 bits per heavy atom. The van der Waals surface area contributed by atoms with Crippen LogP contribution in [0.25, 0.3) is 0 Å². The summed E-state index contributed by atoms with van der Waals surface area (Å²) in [5.74, 6) is 3.11. The molecule has 2 aliphatic rings. The smallest absolute Gasteiger partial charge is 0.213 e. The SMILES string of the molecule is CS(=O)(=O)c1ccc(OCC[C@@H]2CC2C2CCNCC2)nc1. The third-order valence-corrected chi connectivity index (χ3v) is 5.94. The molecule has 22 heavy (non-hydrogen) atoms. The average molecular weight is 324 g/mol. The number of piperidine rings is 1. The van der Waals surface area contributed by atoms with Crippen LogP contribution in [0.15, 0.2) is 23.2 Å². The summed E-state index contributed by atoms with van der Waals surface area (Å²) in [6.45, 7) is 3.00. The van der Waals surface area contributed by atoms with E-state index in [0.29, 0.717) is 12.5 Å². The predicted molar refractivity (Wildman–Crippen MR) is 84.6 cm³/mol. The molecule has 2 heterocycles. The highest BCUT2D eigenvalue weighted by atomic mass is 32.2. The van der Waals surface area contributed by atoms with Crippen LogP contribution in [0.5, 0.6) is 5.88 Å². The third kappa shape index (κ3) is 3.98. The van der Waals surface area contributed by atoms with Gasteiger partial charge in [-0.1, -0.05) is 0 Å². The highest BCUT2D eigenvalue weighted by molar-refractivity contribution is 7.90. The second-order valence-corrected chi connectivity index (χ2v) is 8.50. The predicted octanol–water partition coefficient (Wildman–Crippen LogP) is 1.89. The van der Waals surface area contributed by atoms with Gasteiger partial charge in [0.2, 0.25) is 5.88 Å². The first kappa shape index (κ1) is 15.7. The lowest BCUT2D eigenvalue weighted by molar-refractivity contribution is 0.272. The minimum absolute atomic E-state index is 0.230. The van der Waals surface area contributed by atoms with Crippen LogP contribution in [-0.2, 0) is 9.84 Å². The molecule has 0 spiro atoms. The lowest BCUT2D eigenvalue weighted by atomic mass is 9.91. The maximum Gasteiger partial charge on any atom is 0.213 e. The number of ether oxygens (including phenoxy) is 1. The fourth-order valence-electron chi connectivity index (χ4n) is 3.44. The van der Waals surface area contributed by atoms with Crippen molar-refractivity contribution in [2.75, 3.05) is 26.0 Å². The molecular weight excluding hydrogens is 300 g/mol. The van der Waals surface area contributed by atoms with Crippen molar-refractivity contribution in [1.82, 2.24) is 10.3 Å². The van der Waals surface area contributed by atoms with E-state index in [9.17, 15) is 8.42 Å². The number of hydrogen-bond acceptors (Lipinski definition) is 5. The van der Waals surface area contributed by atoms with Crippen molar-refractivity contribution in [3.8, 4) is 5.88 Å². The van der Waals surface area contributed by atoms with Crippen LogP contribution in [0.3, 0.4) is 0 Å². The molecule has 1 aliphatic heterocycles. The van der Waals surface area contributed by atoms with Crippen LogP contribution < -0.4 is 10.1 Å². The minimum atomic E-state index is -3.19. The largest absolute Gasteiger partial charge is 0.478 e. The second kappa shape index (κ2) is 6.54. The zero-order chi connectivity index (χ0) is 15.6. The van der Waals surface area contributed by atoms with Gasteiger partial charge < -0.3 is 10.1 Å². The molecule has 1 unspecified atom stereocenters. The average Bonchev–Trinajstić information content (AvgIpc) is 3.27. The summed E-state index contributed by atoms with van der Waals surface area (Å²) in [4.78, 5) is 4.29. The Labute approximate surface area is 132 Å². The summed E-state index contributed by atoms with van der Waals surface area (Å²) in [5, 5.41) is 3.42. The number of hydrogen-bond donors (Lipinski definition) is 1. The molecule has 1 aliphatic carbocycles. The lowest BCUT2D eigenvalue weighted by Crippen LogP contribution is -2.29. The number of aromatic nitrogens is 1. The Kier molecular flexibility index (Phi) is 4.68. The van der Waals surface area contributed by atoms with Crippen molar-refractivity contribution in [2.45, 2.75) is 30.6 Å². The second-order valence-electron chi connectivity index (χ2n) is 6.49. The summed E-state index contributed by atoms with van der Waals surface area (Å²) < 4.78 is 28.4. The van der Waals surface area contributed by atoms with Crippen molar-refractivity contribution < 1.29 is 13.2 Å². The molecule has 1 saturated heterocycles. The molecule has 1 N–H and O–H groups in total. The fraction of sp³-hybridized carbons (Fsp3) is 0.688. The summed E-state index contributed by atoms with van der Waals surface area (Å²) in [5.41, 5.74) is 0. The van der Waals surface area contributed by atoms with Gasteiger partial charge in [-0.3, -0.25) is 0 Å². The van der Waals surface area contributed by atoms with E-state index in [4.69, 9.17) is 4.74 Å². The van der Waals surface area contributed by atoms with Gasteiger partial charge in [0.15, 0.2) is 9.84 Å². The first-order valence-corrected chi connectivity index (χ1v) is 9.93. The zero-order valence-electron chi connectivity index (χ0n) is 13.0. The summed E-state index contributed by atoms with van der Waals surface area (Å²) in [6, 6.07) is 3.18. The van der Waals surface area contributed by atoms with E-state index in [2.05, 4.69) is 10.3 Å². The normalized spacial score (nSPS) is 25.9. The lowest BCUT2D eigenvalue weighted by Gasteiger charge is -2.22. The van der Waals surface area contributed by atoms with Gasteiger partial charge in [-0.25, -0.2) is 13.4 Å². The van der Waals surface area contributed by atoms with Crippen LogP contribution in [0.4, 0.5) is 0 Å². The number of nitrogens with one attached hydrogen (secondary N) is 1. The number of pyridine rings is 1. The van der Waals surface area contributed by atoms with E-state index in [-0.39, 0.29) is 4.90 Å². The molecular formula is C16H24N2O3S. The summed E-state index contributed by atoms with van der Waals surface area (Å²) >= 11 is 0. The molecule has 2 fully saturated rings. The molecule has 122 valence electrons. The van der Waals surface area contributed by atoms with E-state index in [0.717, 1.165) is 24.2 Å². The van der Waals surface area contributed by atoms with E-state index < -0.39 is 9.84 Å². The van der Waals surface area contributed by atoms with Crippen molar-refractivity contribution in [1.29, 1.82) is 0 Å². The van der Waals surface area contributed by atoms with Crippen LogP contribution in [-0.4, -0.2) is 39.4 Å². The molecule has 1 saturated carbocycles. The topological polar surface area (TPSA) is 68.3 Å². The van der Waals surface area contributed by atoms with Crippen molar-refractivity contribution in [3.63, 3.8) is 0 Å². The van der Waals surface area contributed by atoms with E-state index in [1.165, 1.54) is 44.8 Å². The summed E-state index contributed by atoms with van der Waals surface area (Å²) in [7, 11) is -3.19. The van der Waals surface area contributed by atoms with Gasteiger partial charge in [-0.05, 0) is 62.6 Å². The Hall–Kier alpha value is -1.14.